The third-order valence-corrected chi connectivity index (χ3v) is 3.52. The van der Waals surface area contributed by atoms with Gasteiger partial charge in [-0.2, -0.15) is 13.8 Å². The SMILES string of the molecule is O=C(CNc1ccccc1)c1ccc(-c2noc(C(F)(F)Cl)n2)cc1. The second-order valence-electron chi connectivity index (χ2n) is 5.14. The molecule has 1 aromatic heterocycles. The molecule has 5 nitrogen and oxygen atoms in total. The van der Waals surface area contributed by atoms with Gasteiger partial charge in [-0.05, 0) is 23.7 Å². The Kier molecular flexibility index (Phi) is 4.76. The van der Waals surface area contributed by atoms with Gasteiger partial charge in [0.1, 0.15) is 0 Å². The molecule has 128 valence electrons. The lowest BCUT2D eigenvalue weighted by atomic mass is 10.1. The van der Waals surface area contributed by atoms with E-state index in [9.17, 15) is 13.6 Å². The number of Topliss-reactive ketones (excluding diaryl/α,β-unsaturated/α-hetero) is 1. The maximum Gasteiger partial charge on any atom is 0.400 e. The molecule has 0 fully saturated rings. The van der Waals surface area contributed by atoms with E-state index >= 15 is 0 Å². The highest BCUT2D eigenvalue weighted by molar-refractivity contribution is 6.21. The number of nitrogens with zero attached hydrogens (tertiary/aromatic N) is 2. The number of nitrogens with one attached hydrogen (secondary N) is 1. The lowest BCUT2D eigenvalue weighted by Gasteiger charge is -2.05. The molecule has 8 heteroatoms. The second-order valence-corrected chi connectivity index (χ2v) is 5.62. The van der Waals surface area contributed by atoms with Gasteiger partial charge in [0, 0.05) is 16.8 Å². The fourth-order valence-electron chi connectivity index (χ4n) is 2.10. The molecule has 0 saturated heterocycles. The van der Waals surface area contributed by atoms with Crippen LogP contribution < -0.4 is 5.32 Å². The number of carbonyl (C=O) groups excluding carboxylic acids is 1. The van der Waals surface area contributed by atoms with Gasteiger partial charge in [-0.3, -0.25) is 4.79 Å². The van der Waals surface area contributed by atoms with Gasteiger partial charge in [0.05, 0.1) is 6.54 Å². The minimum atomic E-state index is -3.72. The van der Waals surface area contributed by atoms with Crippen LogP contribution in [0.25, 0.3) is 11.4 Å². The predicted molar refractivity (Wildman–Crippen MR) is 88.7 cm³/mol. The van der Waals surface area contributed by atoms with Crippen LogP contribution in [0.2, 0.25) is 0 Å². The Morgan fingerprint density at radius 1 is 1.12 bits per heavy atom. The number of rotatable bonds is 6. The zero-order valence-electron chi connectivity index (χ0n) is 12.7. The van der Waals surface area contributed by atoms with Gasteiger partial charge in [-0.1, -0.05) is 47.6 Å². The monoisotopic (exact) mass is 363 g/mol. The van der Waals surface area contributed by atoms with Crippen molar-refractivity contribution in [2.24, 2.45) is 0 Å². The van der Waals surface area contributed by atoms with Crippen LogP contribution in [-0.4, -0.2) is 22.5 Å². The fourth-order valence-corrected chi connectivity index (χ4v) is 2.18. The number of halogens is 3. The van der Waals surface area contributed by atoms with Gasteiger partial charge in [0.15, 0.2) is 5.78 Å². The Bertz CT molecular complexity index is 862. The molecule has 3 rings (SSSR count). The minimum Gasteiger partial charge on any atom is -0.378 e. The van der Waals surface area contributed by atoms with E-state index in [1.165, 1.54) is 0 Å². The summed E-state index contributed by atoms with van der Waals surface area (Å²) in [5, 5.41) is 2.76. The van der Waals surface area contributed by atoms with E-state index in [1.54, 1.807) is 24.3 Å². The number of carbonyl (C=O) groups is 1. The summed E-state index contributed by atoms with van der Waals surface area (Å²) in [6.07, 6.45) is 0. The molecule has 0 saturated carbocycles. The van der Waals surface area contributed by atoms with Crippen molar-refractivity contribution in [1.29, 1.82) is 0 Å². The first-order chi connectivity index (χ1) is 11.9. The quantitative estimate of drug-likeness (QED) is 0.522. The maximum atomic E-state index is 12.9. The summed E-state index contributed by atoms with van der Waals surface area (Å²) in [5.74, 6) is -1.12. The first kappa shape index (κ1) is 17.0. The molecule has 0 aliphatic rings. The van der Waals surface area contributed by atoms with Gasteiger partial charge >= 0.3 is 11.3 Å². The molecular formula is C17H12ClF2N3O2. The average Bonchev–Trinajstić information content (AvgIpc) is 3.11. The number of benzene rings is 2. The van der Waals surface area contributed by atoms with Gasteiger partial charge in [-0.15, -0.1) is 0 Å². The zero-order valence-corrected chi connectivity index (χ0v) is 13.5. The lowest BCUT2D eigenvalue weighted by Crippen LogP contribution is -2.13. The van der Waals surface area contributed by atoms with Crippen LogP contribution in [0.5, 0.6) is 0 Å². The second kappa shape index (κ2) is 6.98. The molecule has 25 heavy (non-hydrogen) atoms. The molecule has 3 aromatic rings. The maximum absolute atomic E-state index is 12.9. The van der Waals surface area contributed by atoms with Gasteiger partial charge in [-0.25, -0.2) is 0 Å². The topological polar surface area (TPSA) is 68.0 Å². The summed E-state index contributed by atoms with van der Waals surface area (Å²) < 4.78 is 30.2. The summed E-state index contributed by atoms with van der Waals surface area (Å²) in [4.78, 5) is 15.7. The van der Waals surface area contributed by atoms with Crippen LogP contribution in [0.3, 0.4) is 0 Å². The van der Waals surface area contributed by atoms with Crippen molar-refractivity contribution in [3.05, 3.63) is 66.1 Å². The largest absolute Gasteiger partial charge is 0.400 e. The molecule has 0 atom stereocenters. The first-order valence-corrected chi connectivity index (χ1v) is 7.65. The predicted octanol–water partition coefficient (Wildman–Crippen LogP) is 4.32. The van der Waals surface area contributed by atoms with E-state index in [0.717, 1.165) is 5.69 Å². The normalized spacial score (nSPS) is 11.3. The van der Waals surface area contributed by atoms with Gasteiger partial charge in [0.2, 0.25) is 5.82 Å². The highest BCUT2D eigenvalue weighted by Crippen LogP contribution is 2.32. The Hall–Kier alpha value is -2.80. The van der Waals surface area contributed by atoms with Crippen LogP contribution in [0, 0.1) is 0 Å². The number of aromatic nitrogens is 2. The molecule has 0 unspecified atom stereocenters. The Labute approximate surface area is 146 Å². The zero-order chi connectivity index (χ0) is 17.9. The summed E-state index contributed by atoms with van der Waals surface area (Å²) >= 11 is 4.83. The molecule has 1 heterocycles. The number of ketones is 1. The summed E-state index contributed by atoms with van der Waals surface area (Å²) in [5.41, 5.74) is 1.75. The summed E-state index contributed by atoms with van der Waals surface area (Å²) in [6.45, 7) is 0.133. The van der Waals surface area contributed by atoms with E-state index in [-0.39, 0.29) is 18.2 Å². The average molecular weight is 364 g/mol. The number of hydrogen-bond acceptors (Lipinski definition) is 5. The van der Waals surface area contributed by atoms with Crippen molar-refractivity contribution >= 4 is 23.1 Å². The molecule has 0 bridgehead atoms. The fraction of sp³-hybridized carbons (Fsp3) is 0.118. The highest BCUT2D eigenvalue weighted by atomic mass is 35.5. The van der Waals surface area contributed by atoms with Crippen molar-refractivity contribution in [1.82, 2.24) is 10.1 Å². The highest BCUT2D eigenvalue weighted by Gasteiger charge is 2.35. The third-order valence-electron chi connectivity index (χ3n) is 3.36. The number of alkyl halides is 3. The van der Waals surface area contributed by atoms with E-state index in [4.69, 9.17) is 11.6 Å². The van der Waals surface area contributed by atoms with E-state index in [1.807, 2.05) is 30.3 Å². The standard InChI is InChI=1S/C17H12ClF2N3O2/c18-17(19,20)16-22-15(23-25-16)12-8-6-11(7-9-12)14(24)10-21-13-4-2-1-3-5-13/h1-9,21H,10H2. The Balaban J connectivity index is 1.67. The lowest BCUT2D eigenvalue weighted by molar-refractivity contribution is 0.0551. The van der Waals surface area contributed by atoms with E-state index < -0.39 is 11.3 Å². The summed E-state index contributed by atoms with van der Waals surface area (Å²) in [6, 6.07) is 15.6. The molecule has 0 aliphatic heterocycles. The van der Waals surface area contributed by atoms with Crippen molar-refractivity contribution in [3.8, 4) is 11.4 Å². The van der Waals surface area contributed by atoms with Crippen LogP contribution in [0.1, 0.15) is 16.2 Å². The van der Waals surface area contributed by atoms with E-state index in [2.05, 4.69) is 20.0 Å². The first-order valence-electron chi connectivity index (χ1n) is 7.27. The molecule has 1 N–H and O–H groups in total. The van der Waals surface area contributed by atoms with Crippen LogP contribution >= 0.6 is 11.6 Å². The molecule has 0 spiro atoms. The van der Waals surface area contributed by atoms with Gasteiger partial charge < -0.3 is 9.84 Å². The van der Waals surface area contributed by atoms with E-state index in [0.29, 0.717) is 11.1 Å². The molecular weight excluding hydrogens is 352 g/mol. The summed E-state index contributed by atoms with van der Waals surface area (Å²) in [7, 11) is 0. The van der Waals surface area contributed by atoms with Crippen molar-refractivity contribution in [2.45, 2.75) is 5.38 Å². The molecule has 2 aromatic carbocycles. The number of anilines is 1. The molecule has 0 amide bonds. The van der Waals surface area contributed by atoms with Crippen LogP contribution in [0.15, 0.2) is 59.1 Å². The minimum absolute atomic E-state index is 0.0308. The third kappa shape index (κ3) is 4.19. The molecule has 0 radical (unpaired) electrons. The Morgan fingerprint density at radius 2 is 1.80 bits per heavy atom. The Morgan fingerprint density at radius 3 is 2.40 bits per heavy atom. The van der Waals surface area contributed by atoms with Crippen LogP contribution in [0.4, 0.5) is 14.5 Å². The van der Waals surface area contributed by atoms with Crippen molar-refractivity contribution in [2.75, 3.05) is 11.9 Å². The van der Waals surface area contributed by atoms with Crippen LogP contribution in [-0.2, 0) is 5.38 Å². The molecule has 0 aliphatic carbocycles. The number of para-hydroxylation sites is 1. The van der Waals surface area contributed by atoms with Crippen molar-refractivity contribution in [3.63, 3.8) is 0 Å². The van der Waals surface area contributed by atoms with Gasteiger partial charge in [0.25, 0.3) is 0 Å². The van der Waals surface area contributed by atoms with Crippen molar-refractivity contribution < 1.29 is 18.1 Å². The number of hydrogen-bond donors (Lipinski definition) is 1. The smallest absolute Gasteiger partial charge is 0.378 e.